The molecule has 0 aromatic carbocycles. The van der Waals surface area contributed by atoms with Crippen molar-refractivity contribution in [2.24, 2.45) is 16.7 Å². The molecule has 0 saturated heterocycles. The lowest BCUT2D eigenvalue weighted by Crippen LogP contribution is -2.44. The molecule has 15 heavy (non-hydrogen) atoms. The number of hydrogen-bond donors (Lipinski definition) is 0. The normalized spacial score (nSPS) is 44.6. The topological polar surface area (TPSA) is 18.5 Å². The van der Waals surface area contributed by atoms with Crippen molar-refractivity contribution in [1.29, 1.82) is 0 Å². The van der Waals surface area contributed by atoms with E-state index >= 15 is 0 Å². The molecule has 0 spiro atoms. The Morgan fingerprint density at radius 3 is 2.40 bits per heavy atom. The molecule has 2 saturated carbocycles. The Morgan fingerprint density at radius 2 is 1.93 bits per heavy atom. The highest BCUT2D eigenvalue weighted by molar-refractivity contribution is 5.09. The summed E-state index contributed by atoms with van der Waals surface area (Å²) in [4.78, 5) is 0. The largest absolute Gasteiger partial charge is 0.356 e. The SMILES string of the molecule is COC(C)OC1C2(C)CCC(C2)C1(C)C. The third-order valence-corrected chi connectivity index (χ3v) is 4.80. The van der Waals surface area contributed by atoms with Crippen LogP contribution in [0.4, 0.5) is 0 Å². The van der Waals surface area contributed by atoms with Gasteiger partial charge >= 0.3 is 0 Å². The van der Waals surface area contributed by atoms with E-state index < -0.39 is 0 Å². The van der Waals surface area contributed by atoms with Gasteiger partial charge in [-0.3, -0.25) is 0 Å². The average Bonchev–Trinajstić information content (AvgIpc) is 2.63. The monoisotopic (exact) mass is 212 g/mol. The van der Waals surface area contributed by atoms with Crippen LogP contribution in [0.5, 0.6) is 0 Å². The van der Waals surface area contributed by atoms with Crippen molar-refractivity contribution in [2.75, 3.05) is 7.11 Å². The van der Waals surface area contributed by atoms with Crippen LogP contribution < -0.4 is 0 Å². The maximum absolute atomic E-state index is 6.09. The zero-order chi connectivity index (χ0) is 11.3. The van der Waals surface area contributed by atoms with E-state index in [4.69, 9.17) is 9.47 Å². The molecule has 0 N–H and O–H groups in total. The summed E-state index contributed by atoms with van der Waals surface area (Å²) in [6.45, 7) is 9.09. The molecule has 4 unspecified atom stereocenters. The first-order valence-corrected chi connectivity index (χ1v) is 6.08. The quantitative estimate of drug-likeness (QED) is 0.669. The van der Waals surface area contributed by atoms with E-state index in [1.807, 2.05) is 6.92 Å². The fourth-order valence-electron chi connectivity index (χ4n) is 3.84. The Balaban J connectivity index is 2.15. The van der Waals surface area contributed by atoms with Crippen LogP contribution in [0.3, 0.4) is 0 Å². The lowest BCUT2D eigenvalue weighted by atomic mass is 9.70. The van der Waals surface area contributed by atoms with Gasteiger partial charge < -0.3 is 9.47 Å². The standard InChI is InChI=1S/C13H24O2/c1-9(14-5)15-11-12(2,3)10-6-7-13(11,4)8-10/h9-11H,6-8H2,1-5H3. The van der Waals surface area contributed by atoms with Crippen LogP contribution in [0, 0.1) is 16.7 Å². The molecule has 2 fully saturated rings. The van der Waals surface area contributed by atoms with Crippen molar-refractivity contribution in [1.82, 2.24) is 0 Å². The van der Waals surface area contributed by atoms with Crippen LogP contribution in [-0.2, 0) is 9.47 Å². The minimum atomic E-state index is -0.0783. The summed E-state index contributed by atoms with van der Waals surface area (Å²) in [7, 11) is 1.72. The summed E-state index contributed by atoms with van der Waals surface area (Å²) in [6.07, 6.45) is 4.32. The van der Waals surface area contributed by atoms with Gasteiger partial charge in [-0.05, 0) is 42.9 Å². The molecule has 0 amide bonds. The summed E-state index contributed by atoms with van der Waals surface area (Å²) >= 11 is 0. The molecule has 2 aliphatic carbocycles. The van der Waals surface area contributed by atoms with Gasteiger partial charge in [0.2, 0.25) is 0 Å². The van der Waals surface area contributed by atoms with Crippen LogP contribution in [0.1, 0.15) is 47.0 Å². The molecule has 2 aliphatic rings. The lowest BCUT2D eigenvalue weighted by Gasteiger charge is -2.43. The molecule has 0 heterocycles. The van der Waals surface area contributed by atoms with Crippen LogP contribution in [0.15, 0.2) is 0 Å². The second kappa shape index (κ2) is 3.46. The Morgan fingerprint density at radius 1 is 1.27 bits per heavy atom. The van der Waals surface area contributed by atoms with Gasteiger partial charge in [-0.25, -0.2) is 0 Å². The minimum absolute atomic E-state index is 0.0783. The molecule has 2 heteroatoms. The van der Waals surface area contributed by atoms with Crippen molar-refractivity contribution >= 4 is 0 Å². The van der Waals surface area contributed by atoms with Crippen molar-refractivity contribution in [3.8, 4) is 0 Å². The number of fused-ring (bicyclic) bond motifs is 2. The van der Waals surface area contributed by atoms with Gasteiger partial charge in [0.25, 0.3) is 0 Å². The number of ether oxygens (including phenoxy) is 2. The fourth-order valence-corrected chi connectivity index (χ4v) is 3.84. The van der Waals surface area contributed by atoms with Crippen LogP contribution in [-0.4, -0.2) is 19.5 Å². The number of hydrogen-bond acceptors (Lipinski definition) is 2. The zero-order valence-corrected chi connectivity index (χ0v) is 10.7. The maximum Gasteiger partial charge on any atom is 0.154 e. The highest BCUT2D eigenvalue weighted by Crippen LogP contribution is 2.63. The van der Waals surface area contributed by atoms with Crippen molar-refractivity contribution in [2.45, 2.75) is 59.4 Å². The van der Waals surface area contributed by atoms with Gasteiger partial charge in [0.15, 0.2) is 6.29 Å². The Labute approximate surface area is 93.3 Å². The van der Waals surface area contributed by atoms with Gasteiger partial charge in [-0.1, -0.05) is 20.8 Å². The Hall–Kier alpha value is -0.0800. The molecule has 2 rings (SSSR count). The third-order valence-electron chi connectivity index (χ3n) is 4.80. The van der Waals surface area contributed by atoms with Crippen LogP contribution in [0.25, 0.3) is 0 Å². The molecule has 2 nitrogen and oxygen atoms in total. The van der Waals surface area contributed by atoms with E-state index in [9.17, 15) is 0 Å². The van der Waals surface area contributed by atoms with Gasteiger partial charge in [0.1, 0.15) is 0 Å². The number of rotatable bonds is 3. The smallest absolute Gasteiger partial charge is 0.154 e. The van der Waals surface area contributed by atoms with Crippen molar-refractivity contribution in [3.05, 3.63) is 0 Å². The van der Waals surface area contributed by atoms with E-state index in [0.717, 1.165) is 5.92 Å². The van der Waals surface area contributed by atoms with E-state index in [1.54, 1.807) is 7.11 Å². The van der Waals surface area contributed by atoms with E-state index in [-0.39, 0.29) is 6.29 Å². The molecule has 88 valence electrons. The molecule has 0 aliphatic heterocycles. The first-order chi connectivity index (χ1) is 6.90. The van der Waals surface area contributed by atoms with Crippen molar-refractivity contribution in [3.63, 3.8) is 0 Å². The summed E-state index contributed by atoms with van der Waals surface area (Å²) < 4.78 is 11.3. The molecule has 4 atom stereocenters. The maximum atomic E-state index is 6.09. The predicted molar refractivity (Wildman–Crippen MR) is 60.6 cm³/mol. The van der Waals surface area contributed by atoms with Crippen LogP contribution in [0.2, 0.25) is 0 Å². The van der Waals surface area contributed by atoms with Gasteiger partial charge in [-0.2, -0.15) is 0 Å². The highest BCUT2D eigenvalue weighted by atomic mass is 16.7. The Kier molecular flexibility index (Phi) is 2.63. The average molecular weight is 212 g/mol. The minimum Gasteiger partial charge on any atom is -0.356 e. The summed E-state index contributed by atoms with van der Waals surface area (Å²) in [5.74, 6) is 0.844. The molecule has 0 aromatic heterocycles. The predicted octanol–water partition coefficient (Wildman–Crippen LogP) is 3.21. The molecule has 2 bridgehead atoms. The second-order valence-corrected chi connectivity index (χ2v) is 6.23. The van der Waals surface area contributed by atoms with Crippen molar-refractivity contribution < 1.29 is 9.47 Å². The highest BCUT2D eigenvalue weighted by Gasteiger charge is 2.60. The third kappa shape index (κ3) is 1.62. The van der Waals surface area contributed by atoms with Gasteiger partial charge in [-0.15, -0.1) is 0 Å². The van der Waals surface area contributed by atoms with Gasteiger partial charge in [0, 0.05) is 7.11 Å². The summed E-state index contributed by atoms with van der Waals surface area (Å²) in [6, 6.07) is 0. The van der Waals surface area contributed by atoms with Gasteiger partial charge in [0.05, 0.1) is 6.10 Å². The lowest BCUT2D eigenvalue weighted by molar-refractivity contribution is -0.200. The molecular formula is C13H24O2. The summed E-state index contributed by atoms with van der Waals surface area (Å²) in [5, 5.41) is 0. The summed E-state index contributed by atoms with van der Waals surface area (Å²) in [5.41, 5.74) is 0.709. The zero-order valence-electron chi connectivity index (χ0n) is 10.7. The molecular weight excluding hydrogens is 188 g/mol. The second-order valence-electron chi connectivity index (χ2n) is 6.23. The van der Waals surface area contributed by atoms with Crippen LogP contribution >= 0.6 is 0 Å². The molecule has 0 aromatic rings. The first kappa shape index (κ1) is 11.4. The van der Waals surface area contributed by atoms with E-state index in [0.29, 0.717) is 16.9 Å². The first-order valence-electron chi connectivity index (χ1n) is 6.08. The number of methoxy groups -OCH3 is 1. The Bertz CT molecular complexity index is 244. The molecule has 0 radical (unpaired) electrons. The fraction of sp³-hybridized carbons (Fsp3) is 1.00. The van der Waals surface area contributed by atoms with E-state index in [1.165, 1.54) is 19.3 Å². The van der Waals surface area contributed by atoms with E-state index in [2.05, 4.69) is 20.8 Å².